The lowest BCUT2D eigenvalue weighted by Crippen LogP contribution is -2.18. The van der Waals surface area contributed by atoms with Crippen LogP contribution < -0.4 is 5.73 Å². The van der Waals surface area contributed by atoms with Crippen LogP contribution in [0.1, 0.15) is 5.69 Å². The summed E-state index contributed by atoms with van der Waals surface area (Å²) in [7, 11) is 4.14. The maximum atomic E-state index is 5.71. The fourth-order valence-electron chi connectivity index (χ4n) is 1.12. The van der Waals surface area contributed by atoms with Crippen molar-refractivity contribution >= 4 is 5.69 Å². The second kappa shape index (κ2) is 3.63. The Morgan fingerprint density at radius 1 is 1.50 bits per heavy atom. The Labute approximate surface area is 73.8 Å². The Kier molecular flexibility index (Phi) is 2.76. The second-order valence-corrected chi connectivity index (χ2v) is 3.35. The molecule has 0 spiro atoms. The molecule has 3 heteroatoms. The van der Waals surface area contributed by atoms with Crippen molar-refractivity contribution in [2.24, 2.45) is 0 Å². The summed E-state index contributed by atoms with van der Waals surface area (Å²) in [6, 6.07) is 1.95. The molecule has 0 aliphatic carbocycles. The van der Waals surface area contributed by atoms with Crippen molar-refractivity contribution in [3.8, 4) is 0 Å². The number of rotatable bonds is 3. The third-order valence-electron chi connectivity index (χ3n) is 2.07. The van der Waals surface area contributed by atoms with Gasteiger partial charge in [-0.3, -0.25) is 0 Å². The van der Waals surface area contributed by atoms with Crippen LogP contribution in [0.2, 0.25) is 0 Å². The molecular weight excluding hydrogens is 150 g/mol. The van der Waals surface area contributed by atoms with E-state index in [0.717, 1.165) is 24.5 Å². The highest BCUT2D eigenvalue weighted by Gasteiger charge is 2.00. The quantitative estimate of drug-likeness (QED) is 0.727. The first-order valence-electron chi connectivity index (χ1n) is 4.17. The highest BCUT2D eigenvalue weighted by atomic mass is 15.1. The summed E-state index contributed by atoms with van der Waals surface area (Å²) in [5.41, 5.74) is 7.76. The van der Waals surface area contributed by atoms with Crippen LogP contribution in [0.3, 0.4) is 0 Å². The van der Waals surface area contributed by atoms with E-state index in [4.69, 9.17) is 5.73 Å². The zero-order chi connectivity index (χ0) is 9.14. The summed E-state index contributed by atoms with van der Waals surface area (Å²) in [5.74, 6) is 0. The SMILES string of the molecule is Cc1c(N)ccn1CCN(C)C. The van der Waals surface area contributed by atoms with Gasteiger partial charge in [0.1, 0.15) is 0 Å². The molecule has 3 nitrogen and oxygen atoms in total. The van der Waals surface area contributed by atoms with E-state index in [2.05, 4.69) is 23.6 Å². The number of hydrogen-bond acceptors (Lipinski definition) is 2. The van der Waals surface area contributed by atoms with Crippen LogP contribution in [0.25, 0.3) is 0 Å². The average Bonchev–Trinajstić information content (AvgIpc) is 2.30. The Balaban J connectivity index is 2.58. The van der Waals surface area contributed by atoms with Gasteiger partial charge in [-0.1, -0.05) is 0 Å². The molecule has 0 atom stereocenters. The molecule has 68 valence electrons. The largest absolute Gasteiger partial charge is 0.397 e. The second-order valence-electron chi connectivity index (χ2n) is 3.35. The smallest absolute Gasteiger partial charge is 0.0524 e. The van der Waals surface area contributed by atoms with Gasteiger partial charge in [-0.2, -0.15) is 0 Å². The number of nitrogens with zero attached hydrogens (tertiary/aromatic N) is 2. The van der Waals surface area contributed by atoms with Crippen molar-refractivity contribution in [3.63, 3.8) is 0 Å². The molecule has 0 saturated carbocycles. The number of nitrogen functional groups attached to an aromatic ring is 1. The molecule has 1 aromatic heterocycles. The maximum absolute atomic E-state index is 5.71. The highest BCUT2D eigenvalue weighted by Crippen LogP contribution is 2.10. The first kappa shape index (κ1) is 9.13. The zero-order valence-corrected chi connectivity index (χ0v) is 8.04. The molecule has 0 saturated heterocycles. The van der Waals surface area contributed by atoms with Crippen LogP contribution in [0.4, 0.5) is 5.69 Å². The van der Waals surface area contributed by atoms with Gasteiger partial charge in [0, 0.05) is 25.0 Å². The van der Waals surface area contributed by atoms with Gasteiger partial charge < -0.3 is 15.2 Å². The monoisotopic (exact) mass is 167 g/mol. The maximum Gasteiger partial charge on any atom is 0.0524 e. The summed E-state index contributed by atoms with van der Waals surface area (Å²) < 4.78 is 2.18. The van der Waals surface area contributed by atoms with Gasteiger partial charge in [-0.05, 0) is 27.1 Å². The Bertz CT molecular complexity index is 250. The van der Waals surface area contributed by atoms with E-state index >= 15 is 0 Å². The van der Waals surface area contributed by atoms with Gasteiger partial charge in [-0.15, -0.1) is 0 Å². The standard InChI is InChI=1S/C9H17N3/c1-8-9(10)4-5-12(8)7-6-11(2)3/h4-5H,6-7,10H2,1-3H3. The predicted molar refractivity (Wildman–Crippen MR) is 52.1 cm³/mol. The van der Waals surface area contributed by atoms with Gasteiger partial charge in [0.2, 0.25) is 0 Å². The molecular formula is C9H17N3. The lowest BCUT2D eigenvalue weighted by molar-refractivity contribution is 0.382. The minimum absolute atomic E-state index is 0.883. The lowest BCUT2D eigenvalue weighted by atomic mass is 10.4. The molecule has 0 aliphatic rings. The van der Waals surface area contributed by atoms with Crippen molar-refractivity contribution in [2.75, 3.05) is 26.4 Å². The first-order chi connectivity index (χ1) is 5.61. The summed E-state index contributed by atoms with van der Waals surface area (Å²) in [4.78, 5) is 2.16. The molecule has 1 aromatic rings. The van der Waals surface area contributed by atoms with Crippen molar-refractivity contribution in [1.82, 2.24) is 9.47 Å². The van der Waals surface area contributed by atoms with Crippen LogP contribution >= 0.6 is 0 Å². The zero-order valence-electron chi connectivity index (χ0n) is 8.04. The predicted octanol–water partition coefficient (Wildman–Crippen LogP) is 0.940. The van der Waals surface area contributed by atoms with E-state index in [1.165, 1.54) is 0 Å². The van der Waals surface area contributed by atoms with Crippen molar-refractivity contribution in [1.29, 1.82) is 0 Å². The summed E-state index contributed by atoms with van der Waals surface area (Å²) in [5, 5.41) is 0. The Hall–Kier alpha value is -0.960. The molecule has 0 aliphatic heterocycles. The Morgan fingerprint density at radius 3 is 2.58 bits per heavy atom. The number of nitrogens with two attached hydrogens (primary N) is 1. The van der Waals surface area contributed by atoms with Crippen molar-refractivity contribution in [2.45, 2.75) is 13.5 Å². The topological polar surface area (TPSA) is 34.2 Å². The highest BCUT2D eigenvalue weighted by molar-refractivity contribution is 5.42. The molecule has 0 fully saturated rings. The molecule has 12 heavy (non-hydrogen) atoms. The molecule has 0 unspecified atom stereocenters. The molecule has 0 amide bonds. The normalized spacial score (nSPS) is 11.0. The third-order valence-corrected chi connectivity index (χ3v) is 2.07. The van der Waals surface area contributed by atoms with Crippen LogP contribution in [0, 0.1) is 6.92 Å². The molecule has 1 rings (SSSR count). The molecule has 2 N–H and O–H groups in total. The first-order valence-corrected chi connectivity index (χ1v) is 4.17. The summed E-state index contributed by atoms with van der Waals surface area (Å²) in [6.45, 7) is 4.11. The summed E-state index contributed by atoms with van der Waals surface area (Å²) in [6.07, 6.45) is 2.04. The number of hydrogen-bond donors (Lipinski definition) is 1. The number of anilines is 1. The van der Waals surface area contributed by atoms with Gasteiger partial charge in [0.05, 0.1) is 5.69 Å². The third kappa shape index (κ3) is 2.01. The van der Waals surface area contributed by atoms with E-state index in [0.29, 0.717) is 0 Å². The fraction of sp³-hybridized carbons (Fsp3) is 0.556. The van der Waals surface area contributed by atoms with Crippen LogP contribution in [0.5, 0.6) is 0 Å². The molecule has 0 radical (unpaired) electrons. The van der Waals surface area contributed by atoms with Crippen LogP contribution in [-0.2, 0) is 6.54 Å². The molecule has 0 bridgehead atoms. The van der Waals surface area contributed by atoms with Crippen molar-refractivity contribution in [3.05, 3.63) is 18.0 Å². The summed E-state index contributed by atoms with van der Waals surface area (Å²) >= 11 is 0. The van der Waals surface area contributed by atoms with Crippen LogP contribution in [0.15, 0.2) is 12.3 Å². The number of likely N-dealkylation sites (N-methyl/N-ethyl adjacent to an activating group) is 1. The van der Waals surface area contributed by atoms with E-state index in [1.807, 2.05) is 19.2 Å². The fourth-order valence-corrected chi connectivity index (χ4v) is 1.12. The van der Waals surface area contributed by atoms with Crippen molar-refractivity contribution < 1.29 is 0 Å². The minimum atomic E-state index is 0.883. The van der Waals surface area contributed by atoms with E-state index in [-0.39, 0.29) is 0 Å². The van der Waals surface area contributed by atoms with E-state index < -0.39 is 0 Å². The number of aromatic nitrogens is 1. The Morgan fingerprint density at radius 2 is 2.17 bits per heavy atom. The van der Waals surface area contributed by atoms with Gasteiger partial charge in [0.25, 0.3) is 0 Å². The average molecular weight is 167 g/mol. The van der Waals surface area contributed by atoms with Gasteiger partial charge in [-0.25, -0.2) is 0 Å². The lowest BCUT2D eigenvalue weighted by Gasteiger charge is -2.11. The van der Waals surface area contributed by atoms with Crippen LogP contribution in [-0.4, -0.2) is 30.1 Å². The van der Waals surface area contributed by atoms with Gasteiger partial charge in [0.15, 0.2) is 0 Å². The van der Waals surface area contributed by atoms with Gasteiger partial charge >= 0.3 is 0 Å². The minimum Gasteiger partial charge on any atom is -0.397 e. The molecule has 0 aromatic carbocycles. The van der Waals surface area contributed by atoms with E-state index in [1.54, 1.807) is 0 Å². The van der Waals surface area contributed by atoms with E-state index in [9.17, 15) is 0 Å². The molecule has 1 heterocycles.